The number of carbonyl (C=O) groups excluding carboxylic acids is 1. The highest BCUT2D eigenvalue weighted by molar-refractivity contribution is 5.94. The van der Waals surface area contributed by atoms with Gasteiger partial charge in [-0.1, -0.05) is 18.2 Å². The maximum absolute atomic E-state index is 12.1. The van der Waals surface area contributed by atoms with Crippen LogP contribution < -0.4 is 19.5 Å². The fourth-order valence-electron chi connectivity index (χ4n) is 1.97. The van der Waals surface area contributed by atoms with E-state index in [1.165, 1.54) is 0 Å². The third kappa shape index (κ3) is 3.08. The molecule has 1 amide bonds. The van der Waals surface area contributed by atoms with Gasteiger partial charge in [0.25, 0.3) is 5.91 Å². The number of benzene rings is 2. The second-order valence-corrected chi connectivity index (χ2v) is 4.63. The number of hydrogen-bond donors (Lipinski definition) is 1. The molecular weight excluding hydrogens is 270 g/mol. The van der Waals surface area contributed by atoms with E-state index in [0.717, 1.165) is 0 Å². The molecule has 0 aliphatic carbocycles. The molecule has 1 N–H and O–H groups in total. The molecule has 108 valence electrons. The molecule has 21 heavy (non-hydrogen) atoms. The number of hydrogen-bond acceptors (Lipinski definition) is 4. The topological polar surface area (TPSA) is 56.8 Å². The van der Waals surface area contributed by atoms with Crippen LogP contribution in [0, 0.1) is 0 Å². The zero-order chi connectivity index (χ0) is 14.7. The van der Waals surface area contributed by atoms with E-state index in [4.69, 9.17) is 14.2 Å². The maximum Gasteiger partial charge on any atom is 0.265 e. The van der Waals surface area contributed by atoms with Crippen molar-refractivity contribution in [2.75, 3.05) is 12.1 Å². The van der Waals surface area contributed by atoms with Crippen LogP contribution in [-0.4, -0.2) is 18.8 Å². The van der Waals surface area contributed by atoms with Gasteiger partial charge in [-0.25, -0.2) is 0 Å². The highest BCUT2D eigenvalue weighted by Crippen LogP contribution is 2.34. The van der Waals surface area contributed by atoms with E-state index in [1.54, 1.807) is 25.1 Å². The van der Waals surface area contributed by atoms with Crippen LogP contribution >= 0.6 is 0 Å². The fraction of sp³-hybridized carbons (Fsp3) is 0.188. The van der Waals surface area contributed by atoms with Crippen molar-refractivity contribution in [2.45, 2.75) is 13.0 Å². The number of anilines is 1. The molecule has 3 rings (SSSR count). The first kappa shape index (κ1) is 13.3. The Hall–Kier alpha value is -2.69. The highest BCUT2D eigenvalue weighted by Gasteiger charge is 2.17. The van der Waals surface area contributed by atoms with Gasteiger partial charge in [-0.15, -0.1) is 0 Å². The van der Waals surface area contributed by atoms with Gasteiger partial charge in [-0.3, -0.25) is 4.79 Å². The number of para-hydroxylation sites is 1. The average Bonchev–Trinajstić information content (AvgIpc) is 2.95. The standard InChI is InChI=1S/C16H15NO4/c1-11(21-13-5-3-2-4-6-13)16(18)17-12-7-8-14-15(9-12)20-10-19-14/h2-9,11H,10H2,1H3,(H,17,18). The van der Waals surface area contributed by atoms with Crippen LogP contribution in [0.2, 0.25) is 0 Å². The summed E-state index contributed by atoms with van der Waals surface area (Å²) >= 11 is 0. The summed E-state index contributed by atoms with van der Waals surface area (Å²) in [5, 5.41) is 2.79. The minimum absolute atomic E-state index is 0.209. The van der Waals surface area contributed by atoms with Crippen molar-refractivity contribution in [2.24, 2.45) is 0 Å². The normalized spacial score (nSPS) is 13.6. The zero-order valence-electron chi connectivity index (χ0n) is 11.5. The van der Waals surface area contributed by atoms with Gasteiger partial charge in [0, 0.05) is 11.8 Å². The van der Waals surface area contributed by atoms with Gasteiger partial charge in [0.1, 0.15) is 5.75 Å². The molecule has 2 aromatic rings. The molecule has 0 saturated carbocycles. The van der Waals surface area contributed by atoms with Crippen molar-refractivity contribution in [3.05, 3.63) is 48.5 Å². The summed E-state index contributed by atoms with van der Waals surface area (Å²) in [7, 11) is 0. The van der Waals surface area contributed by atoms with Gasteiger partial charge in [0.2, 0.25) is 6.79 Å². The zero-order valence-corrected chi connectivity index (χ0v) is 11.5. The molecule has 0 aromatic heterocycles. The van der Waals surface area contributed by atoms with Gasteiger partial charge >= 0.3 is 0 Å². The van der Waals surface area contributed by atoms with Crippen molar-refractivity contribution in [3.8, 4) is 17.2 Å². The first-order valence-electron chi connectivity index (χ1n) is 6.64. The van der Waals surface area contributed by atoms with Crippen LogP contribution in [0.4, 0.5) is 5.69 Å². The van der Waals surface area contributed by atoms with Gasteiger partial charge in [-0.05, 0) is 31.2 Å². The number of nitrogens with one attached hydrogen (secondary N) is 1. The van der Waals surface area contributed by atoms with Crippen LogP contribution in [0.5, 0.6) is 17.2 Å². The molecule has 1 aliphatic heterocycles. The lowest BCUT2D eigenvalue weighted by molar-refractivity contribution is -0.122. The van der Waals surface area contributed by atoms with Crippen LogP contribution in [0.3, 0.4) is 0 Å². The largest absolute Gasteiger partial charge is 0.481 e. The van der Waals surface area contributed by atoms with E-state index < -0.39 is 6.10 Å². The number of carbonyl (C=O) groups is 1. The van der Waals surface area contributed by atoms with Crippen LogP contribution in [0.25, 0.3) is 0 Å². The predicted molar refractivity (Wildman–Crippen MR) is 77.7 cm³/mol. The van der Waals surface area contributed by atoms with Gasteiger partial charge in [-0.2, -0.15) is 0 Å². The lowest BCUT2D eigenvalue weighted by Gasteiger charge is -2.14. The minimum Gasteiger partial charge on any atom is -0.481 e. The molecule has 1 heterocycles. The molecule has 2 aromatic carbocycles. The number of fused-ring (bicyclic) bond motifs is 1. The van der Waals surface area contributed by atoms with Gasteiger partial charge < -0.3 is 19.5 Å². The summed E-state index contributed by atoms with van der Waals surface area (Å²) in [5.41, 5.74) is 0.646. The summed E-state index contributed by atoms with van der Waals surface area (Å²) in [4.78, 5) is 12.1. The second kappa shape index (κ2) is 5.75. The summed E-state index contributed by atoms with van der Waals surface area (Å²) in [6.07, 6.45) is -0.599. The second-order valence-electron chi connectivity index (χ2n) is 4.63. The Kier molecular flexibility index (Phi) is 3.64. The molecular formula is C16H15NO4. The fourth-order valence-corrected chi connectivity index (χ4v) is 1.97. The van der Waals surface area contributed by atoms with Gasteiger partial charge in [0.05, 0.1) is 0 Å². The lowest BCUT2D eigenvalue weighted by atomic mass is 10.2. The predicted octanol–water partition coefficient (Wildman–Crippen LogP) is 2.82. The Morgan fingerprint density at radius 3 is 2.71 bits per heavy atom. The molecule has 1 unspecified atom stereocenters. The van der Waals surface area contributed by atoms with Crippen LogP contribution in [0.15, 0.2) is 48.5 Å². The SMILES string of the molecule is CC(Oc1ccccc1)C(=O)Nc1ccc2c(c1)OCO2. The van der Waals surface area contributed by atoms with Crippen LogP contribution in [-0.2, 0) is 4.79 Å². The van der Waals surface area contributed by atoms with Crippen molar-refractivity contribution in [1.29, 1.82) is 0 Å². The van der Waals surface area contributed by atoms with Crippen LogP contribution in [0.1, 0.15) is 6.92 Å². The van der Waals surface area contributed by atoms with Crippen molar-refractivity contribution in [3.63, 3.8) is 0 Å². The van der Waals surface area contributed by atoms with E-state index in [2.05, 4.69) is 5.32 Å². The van der Waals surface area contributed by atoms with E-state index in [-0.39, 0.29) is 12.7 Å². The highest BCUT2D eigenvalue weighted by atomic mass is 16.7. The Morgan fingerprint density at radius 1 is 1.14 bits per heavy atom. The van der Waals surface area contributed by atoms with E-state index in [9.17, 15) is 4.79 Å². The van der Waals surface area contributed by atoms with Gasteiger partial charge in [0.15, 0.2) is 17.6 Å². The lowest BCUT2D eigenvalue weighted by Crippen LogP contribution is -2.30. The summed E-state index contributed by atoms with van der Waals surface area (Å²) in [6, 6.07) is 14.5. The average molecular weight is 285 g/mol. The number of amides is 1. The Morgan fingerprint density at radius 2 is 1.90 bits per heavy atom. The summed E-state index contributed by atoms with van der Waals surface area (Å²) in [6.45, 7) is 1.91. The molecule has 0 radical (unpaired) electrons. The minimum atomic E-state index is -0.599. The smallest absolute Gasteiger partial charge is 0.265 e. The monoisotopic (exact) mass is 285 g/mol. The molecule has 1 aliphatic rings. The Bertz CT molecular complexity index is 642. The van der Waals surface area contributed by atoms with Crippen molar-refractivity contribution >= 4 is 11.6 Å². The molecule has 5 nitrogen and oxygen atoms in total. The summed E-state index contributed by atoms with van der Waals surface area (Å²) < 4.78 is 16.1. The van der Waals surface area contributed by atoms with E-state index >= 15 is 0 Å². The Labute approximate surface area is 122 Å². The quantitative estimate of drug-likeness (QED) is 0.938. The molecule has 5 heteroatoms. The maximum atomic E-state index is 12.1. The molecule has 0 bridgehead atoms. The number of rotatable bonds is 4. The summed E-state index contributed by atoms with van der Waals surface area (Å²) in [5.74, 6) is 1.74. The first-order chi connectivity index (χ1) is 10.2. The van der Waals surface area contributed by atoms with Crippen molar-refractivity contribution in [1.82, 2.24) is 0 Å². The first-order valence-corrected chi connectivity index (χ1v) is 6.64. The third-order valence-corrected chi connectivity index (χ3v) is 3.07. The van der Waals surface area contributed by atoms with E-state index in [1.807, 2.05) is 30.3 Å². The Balaban J connectivity index is 1.63. The molecule has 0 fully saturated rings. The molecule has 0 spiro atoms. The molecule has 1 atom stereocenters. The van der Waals surface area contributed by atoms with E-state index in [0.29, 0.717) is 22.9 Å². The van der Waals surface area contributed by atoms with Crippen molar-refractivity contribution < 1.29 is 19.0 Å². The third-order valence-electron chi connectivity index (χ3n) is 3.07. The molecule has 0 saturated heterocycles. The number of ether oxygens (including phenoxy) is 3.